The van der Waals surface area contributed by atoms with Crippen LogP contribution in [0.3, 0.4) is 0 Å². The number of hydrogen-bond acceptors (Lipinski definition) is 3. The zero-order valence-electron chi connectivity index (χ0n) is 13.7. The number of benzene rings is 1. The summed E-state index contributed by atoms with van der Waals surface area (Å²) in [6.45, 7) is 1.66. The SMILES string of the molecule is O=C(NC1CCCC1)C1CCCN(c2nc3ccc(Cl)cc3[nH]2)C1. The second-order valence-electron chi connectivity index (χ2n) is 7.00. The summed E-state index contributed by atoms with van der Waals surface area (Å²) >= 11 is 6.05. The molecular formula is C18H23ClN4O. The molecule has 1 amide bonds. The van der Waals surface area contributed by atoms with Crippen LogP contribution in [0.4, 0.5) is 5.95 Å². The third kappa shape index (κ3) is 3.22. The molecule has 128 valence electrons. The Morgan fingerprint density at radius 2 is 2.08 bits per heavy atom. The third-order valence-corrected chi connectivity index (χ3v) is 5.46. The monoisotopic (exact) mass is 346 g/mol. The van der Waals surface area contributed by atoms with Gasteiger partial charge >= 0.3 is 0 Å². The van der Waals surface area contributed by atoms with E-state index in [0.29, 0.717) is 11.1 Å². The molecule has 24 heavy (non-hydrogen) atoms. The van der Waals surface area contributed by atoms with E-state index < -0.39 is 0 Å². The molecule has 6 heteroatoms. The van der Waals surface area contributed by atoms with Crippen LogP contribution in [0.2, 0.25) is 5.02 Å². The summed E-state index contributed by atoms with van der Waals surface area (Å²) in [6.07, 6.45) is 6.72. The molecule has 1 unspecified atom stereocenters. The maximum Gasteiger partial charge on any atom is 0.225 e. The van der Waals surface area contributed by atoms with Gasteiger partial charge in [0.05, 0.1) is 17.0 Å². The van der Waals surface area contributed by atoms with E-state index in [1.54, 1.807) is 0 Å². The van der Waals surface area contributed by atoms with E-state index in [-0.39, 0.29) is 11.8 Å². The predicted molar refractivity (Wildman–Crippen MR) is 96.4 cm³/mol. The molecule has 2 fully saturated rings. The molecule has 2 N–H and O–H groups in total. The lowest BCUT2D eigenvalue weighted by Gasteiger charge is -2.32. The Kier molecular flexibility index (Phi) is 4.35. The Morgan fingerprint density at radius 3 is 2.92 bits per heavy atom. The van der Waals surface area contributed by atoms with Crippen molar-refractivity contribution in [3.8, 4) is 0 Å². The largest absolute Gasteiger partial charge is 0.353 e. The zero-order valence-corrected chi connectivity index (χ0v) is 14.5. The second-order valence-corrected chi connectivity index (χ2v) is 7.43. The number of aromatic nitrogens is 2. The minimum absolute atomic E-state index is 0.0520. The van der Waals surface area contributed by atoms with Crippen molar-refractivity contribution in [1.82, 2.24) is 15.3 Å². The number of nitrogens with zero attached hydrogens (tertiary/aromatic N) is 2. The van der Waals surface area contributed by atoms with Crippen molar-refractivity contribution in [3.05, 3.63) is 23.2 Å². The number of rotatable bonds is 3. The van der Waals surface area contributed by atoms with Gasteiger partial charge in [-0.1, -0.05) is 24.4 Å². The Bertz CT molecular complexity index is 738. The number of nitrogens with one attached hydrogen (secondary N) is 2. The molecule has 2 aliphatic rings. The summed E-state index contributed by atoms with van der Waals surface area (Å²) < 4.78 is 0. The topological polar surface area (TPSA) is 61.0 Å². The molecule has 1 saturated carbocycles. The molecule has 1 atom stereocenters. The lowest BCUT2D eigenvalue weighted by atomic mass is 9.97. The molecule has 5 nitrogen and oxygen atoms in total. The van der Waals surface area contributed by atoms with Crippen molar-refractivity contribution in [2.45, 2.75) is 44.6 Å². The van der Waals surface area contributed by atoms with Gasteiger partial charge in [0.2, 0.25) is 11.9 Å². The lowest BCUT2D eigenvalue weighted by Crippen LogP contribution is -2.45. The van der Waals surface area contributed by atoms with Gasteiger partial charge in [-0.05, 0) is 43.9 Å². The molecular weight excluding hydrogens is 324 g/mol. The molecule has 0 bridgehead atoms. The average Bonchev–Trinajstić information content (AvgIpc) is 3.24. The Hall–Kier alpha value is -1.75. The van der Waals surface area contributed by atoms with Gasteiger partial charge in [-0.25, -0.2) is 4.98 Å². The van der Waals surface area contributed by atoms with Crippen molar-refractivity contribution in [3.63, 3.8) is 0 Å². The second kappa shape index (κ2) is 6.63. The molecule has 2 aromatic rings. The fourth-order valence-corrected chi connectivity index (χ4v) is 4.06. The highest BCUT2D eigenvalue weighted by Gasteiger charge is 2.29. The minimum Gasteiger partial charge on any atom is -0.353 e. The maximum absolute atomic E-state index is 12.6. The fraction of sp³-hybridized carbons (Fsp3) is 0.556. The summed E-state index contributed by atoms with van der Waals surface area (Å²) in [5.74, 6) is 1.10. The molecule has 0 spiro atoms. The highest BCUT2D eigenvalue weighted by Crippen LogP contribution is 2.26. The van der Waals surface area contributed by atoms with Crippen LogP contribution in [0, 0.1) is 5.92 Å². The summed E-state index contributed by atoms with van der Waals surface area (Å²) in [4.78, 5) is 22.7. The summed E-state index contributed by atoms with van der Waals surface area (Å²) in [7, 11) is 0. The normalized spacial score (nSPS) is 22.2. The van der Waals surface area contributed by atoms with E-state index in [2.05, 4.69) is 20.2 Å². The molecule has 1 aliphatic heterocycles. The van der Waals surface area contributed by atoms with Crippen LogP contribution >= 0.6 is 11.6 Å². The Morgan fingerprint density at radius 1 is 1.25 bits per heavy atom. The number of halogens is 1. The van der Waals surface area contributed by atoms with Crippen LogP contribution in [0.15, 0.2) is 18.2 Å². The first-order valence-electron chi connectivity index (χ1n) is 8.89. The fourth-order valence-electron chi connectivity index (χ4n) is 3.89. The van der Waals surface area contributed by atoms with Crippen LogP contribution < -0.4 is 10.2 Å². The zero-order chi connectivity index (χ0) is 16.5. The van der Waals surface area contributed by atoms with Gasteiger partial charge in [-0.15, -0.1) is 0 Å². The number of imidazole rings is 1. The summed E-state index contributed by atoms with van der Waals surface area (Å²) in [6, 6.07) is 6.05. The first-order valence-corrected chi connectivity index (χ1v) is 9.27. The van der Waals surface area contributed by atoms with Crippen molar-refractivity contribution in [2.75, 3.05) is 18.0 Å². The van der Waals surface area contributed by atoms with Gasteiger partial charge in [-0.3, -0.25) is 4.79 Å². The number of aromatic amines is 1. The van der Waals surface area contributed by atoms with Crippen molar-refractivity contribution in [1.29, 1.82) is 0 Å². The first kappa shape index (κ1) is 15.8. The highest BCUT2D eigenvalue weighted by molar-refractivity contribution is 6.31. The van der Waals surface area contributed by atoms with Crippen LogP contribution in [0.1, 0.15) is 38.5 Å². The number of hydrogen-bond donors (Lipinski definition) is 2. The van der Waals surface area contributed by atoms with Gasteiger partial charge < -0.3 is 15.2 Å². The van der Waals surface area contributed by atoms with Crippen LogP contribution in [0.5, 0.6) is 0 Å². The summed E-state index contributed by atoms with van der Waals surface area (Å²) in [5, 5.41) is 3.94. The lowest BCUT2D eigenvalue weighted by molar-refractivity contribution is -0.125. The van der Waals surface area contributed by atoms with Gasteiger partial charge in [0, 0.05) is 24.2 Å². The molecule has 1 aromatic heterocycles. The third-order valence-electron chi connectivity index (χ3n) is 5.22. The minimum atomic E-state index is 0.0520. The van der Waals surface area contributed by atoms with Crippen LogP contribution in [0.25, 0.3) is 11.0 Å². The van der Waals surface area contributed by atoms with E-state index >= 15 is 0 Å². The van der Waals surface area contributed by atoms with E-state index in [0.717, 1.165) is 55.8 Å². The van der Waals surface area contributed by atoms with Crippen molar-refractivity contribution >= 4 is 34.5 Å². The van der Waals surface area contributed by atoms with Crippen molar-refractivity contribution < 1.29 is 4.79 Å². The average molecular weight is 347 g/mol. The molecule has 0 radical (unpaired) electrons. The van der Waals surface area contributed by atoms with E-state index in [1.807, 2.05) is 18.2 Å². The number of anilines is 1. The number of amides is 1. The Balaban J connectivity index is 1.46. The standard InChI is InChI=1S/C18H23ClN4O/c19-13-7-8-15-16(10-13)22-18(21-15)23-9-3-4-12(11-23)17(24)20-14-5-1-2-6-14/h7-8,10,12,14H,1-6,9,11H2,(H,20,24)(H,21,22). The van der Waals surface area contributed by atoms with Gasteiger partial charge in [0.25, 0.3) is 0 Å². The van der Waals surface area contributed by atoms with Crippen molar-refractivity contribution in [2.24, 2.45) is 5.92 Å². The first-order chi connectivity index (χ1) is 11.7. The quantitative estimate of drug-likeness (QED) is 0.894. The number of fused-ring (bicyclic) bond motifs is 1. The number of carbonyl (C=O) groups is 1. The van der Waals surface area contributed by atoms with E-state index in [1.165, 1.54) is 12.8 Å². The molecule has 1 aliphatic carbocycles. The van der Waals surface area contributed by atoms with E-state index in [9.17, 15) is 4.79 Å². The van der Waals surface area contributed by atoms with Gasteiger partial charge in [0.1, 0.15) is 0 Å². The number of piperidine rings is 1. The number of H-pyrrole nitrogens is 1. The molecule has 1 saturated heterocycles. The highest BCUT2D eigenvalue weighted by atomic mass is 35.5. The Labute approximate surface area is 146 Å². The smallest absolute Gasteiger partial charge is 0.225 e. The predicted octanol–water partition coefficient (Wildman–Crippen LogP) is 3.49. The maximum atomic E-state index is 12.6. The molecule has 1 aromatic carbocycles. The molecule has 2 heterocycles. The summed E-state index contributed by atoms with van der Waals surface area (Å²) in [5.41, 5.74) is 1.85. The van der Waals surface area contributed by atoms with Crippen LogP contribution in [-0.2, 0) is 4.79 Å². The van der Waals surface area contributed by atoms with Gasteiger partial charge in [0.15, 0.2) is 0 Å². The number of carbonyl (C=O) groups excluding carboxylic acids is 1. The van der Waals surface area contributed by atoms with E-state index in [4.69, 9.17) is 11.6 Å². The van der Waals surface area contributed by atoms with Gasteiger partial charge in [-0.2, -0.15) is 0 Å². The van der Waals surface area contributed by atoms with Crippen LogP contribution in [-0.4, -0.2) is 35.0 Å². The molecule has 4 rings (SSSR count).